The van der Waals surface area contributed by atoms with Crippen molar-refractivity contribution in [2.45, 2.75) is 65.2 Å². The molecule has 1 heterocycles. The molecule has 1 saturated carbocycles. The summed E-state index contributed by atoms with van der Waals surface area (Å²) in [5, 5.41) is 3.43. The number of aliphatic imine (C=N–C) groups is 1. The van der Waals surface area contributed by atoms with E-state index in [1.54, 1.807) is 0 Å². The van der Waals surface area contributed by atoms with Crippen LogP contribution in [0.25, 0.3) is 0 Å². The zero-order chi connectivity index (χ0) is 17.4. The predicted molar refractivity (Wildman–Crippen MR) is 99.8 cm³/mol. The van der Waals surface area contributed by atoms with Crippen molar-refractivity contribution in [3.8, 4) is 0 Å². The smallest absolute Gasteiger partial charge is 0.217 e. The fourth-order valence-electron chi connectivity index (χ4n) is 4.31. The average molecular weight is 337 g/mol. The van der Waals surface area contributed by atoms with Gasteiger partial charge in [0, 0.05) is 32.6 Å². The highest BCUT2D eigenvalue weighted by Crippen LogP contribution is 2.30. The average Bonchev–Trinajstić information content (AvgIpc) is 2.54. The Bertz CT molecular complexity index is 424. The molecule has 2 rings (SSSR count). The molecule has 0 radical (unpaired) electrons. The number of rotatable bonds is 6. The van der Waals surface area contributed by atoms with Crippen LogP contribution in [0.3, 0.4) is 0 Å². The fourth-order valence-corrected chi connectivity index (χ4v) is 4.31. The van der Waals surface area contributed by atoms with Crippen LogP contribution in [0.15, 0.2) is 4.99 Å². The first-order valence-corrected chi connectivity index (χ1v) is 9.90. The van der Waals surface area contributed by atoms with Gasteiger partial charge in [-0.1, -0.05) is 26.2 Å². The molecule has 5 nitrogen and oxygen atoms in total. The minimum Gasteiger partial charge on any atom is -0.370 e. The van der Waals surface area contributed by atoms with Crippen LogP contribution in [0.4, 0.5) is 0 Å². The number of likely N-dealkylation sites (tertiary alicyclic amines) is 1. The molecule has 3 N–H and O–H groups in total. The van der Waals surface area contributed by atoms with E-state index < -0.39 is 0 Å². The van der Waals surface area contributed by atoms with Gasteiger partial charge in [-0.25, -0.2) is 0 Å². The van der Waals surface area contributed by atoms with Gasteiger partial charge in [0.2, 0.25) is 5.91 Å². The topological polar surface area (TPSA) is 70.7 Å². The number of amides is 1. The molecule has 1 saturated heterocycles. The molecule has 0 aromatic rings. The molecule has 0 aromatic carbocycles. The van der Waals surface area contributed by atoms with Crippen LogP contribution in [-0.4, -0.2) is 42.9 Å². The highest BCUT2D eigenvalue weighted by molar-refractivity contribution is 5.80. The molecule has 0 bridgehead atoms. The number of carbonyl (C=O) groups excluding carboxylic acids is 1. The summed E-state index contributed by atoms with van der Waals surface area (Å²) in [6.45, 7) is 8.22. The van der Waals surface area contributed by atoms with Gasteiger partial charge in [-0.05, 0) is 50.4 Å². The zero-order valence-corrected chi connectivity index (χ0v) is 15.6. The molecule has 5 heteroatoms. The molecular weight excluding hydrogens is 300 g/mol. The Morgan fingerprint density at radius 2 is 2.04 bits per heavy atom. The number of hydrogen-bond donors (Lipinski definition) is 2. The predicted octanol–water partition coefficient (Wildman–Crippen LogP) is 2.76. The van der Waals surface area contributed by atoms with Crippen molar-refractivity contribution in [2.75, 3.05) is 26.2 Å². The van der Waals surface area contributed by atoms with E-state index in [0.717, 1.165) is 56.8 Å². The second-order valence-electron chi connectivity index (χ2n) is 7.79. The van der Waals surface area contributed by atoms with Crippen molar-refractivity contribution >= 4 is 11.9 Å². The SMILES string of the molecule is CCNC(=NCCC1CCCC(C)C1)N1CCCC(CC(N)=O)C1. The normalized spacial score (nSPS) is 28.7. The number of guanidine groups is 1. The summed E-state index contributed by atoms with van der Waals surface area (Å²) in [6.07, 6.45) is 9.44. The monoisotopic (exact) mass is 336 g/mol. The van der Waals surface area contributed by atoms with Crippen LogP contribution in [-0.2, 0) is 4.79 Å². The first-order chi connectivity index (χ1) is 11.6. The molecule has 0 spiro atoms. The molecule has 0 aromatic heterocycles. The maximum Gasteiger partial charge on any atom is 0.217 e. The molecule has 1 amide bonds. The van der Waals surface area contributed by atoms with Crippen molar-refractivity contribution in [3.05, 3.63) is 0 Å². The van der Waals surface area contributed by atoms with Gasteiger partial charge in [0.15, 0.2) is 5.96 Å². The number of piperidine rings is 1. The number of primary amides is 1. The Hall–Kier alpha value is -1.26. The van der Waals surface area contributed by atoms with Gasteiger partial charge in [0.1, 0.15) is 0 Å². The summed E-state index contributed by atoms with van der Waals surface area (Å²) in [4.78, 5) is 18.4. The lowest BCUT2D eigenvalue weighted by Crippen LogP contribution is -2.47. The molecule has 3 unspecified atom stereocenters. The Morgan fingerprint density at radius 1 is 1.25 bits per heavy atom. The largest absolute Gasteiger partial charge is 0.370 e. The van der Waals surface area contributed by atoms with Crippen molar-refractivity contribution in [3.63, 3.8) is 0 Å². The summed E-state index contributed by atoms with van der Waals surface area (Å²) in [7, 11) is 0. The lowest BCUT2D eigenvalue weighted by molar-refractivity contribution is -0.119. The Balaban J connectivity index is 1.86. The number of nitrogens with one attached hydrogen (secondary N) is 1. The molecule has 3 atom stereocenters. The van der Waals surface area contributed by atoms with Crippen molar-refractivity contribution in [1.29, 1.82) is 0 Å². The second kappa shape index (κ2) is 9.90. The second-order valence-corrected chi connectivity index (χ2v) is 7.79. The van der Waals surface area contributed by atoms with E-state index in [1.165, 1.54) is 32.1 Å². The Kier molecular flexibility index (Phi) is 7.86. The van der Waals surface area contributed by atoms with Crippen LogP contribution >= 0.6 is 0 Å². The zero-order valence-electron chi connectivity index (χ0n) is 15.6. The number of hydrogen-bond acceptors (Lipinski definition) is 2. The summed E-state index contributed by atoms with van der Waals surface area (Å²) < 4.78 is 0. The standard InChI is InChI=1S/C19H36N4O/c1-3-21-19(22-10-9-16-7-4-6-15(2)12-16)23-11-5-8-17(14-23)13-18(20)24/h15-17H,3-14H2,1-2H3,(H2,20,24)(H,21,22). The van der Waals surface area contributed by atoms with E-state index >= 15 is 0 Å². The molecular formula is C19H36N4O. The van der Waals surface area contributed by atoms with Gasteiger partial charge < -0.3 is 16.0 Å². The van der Waals surface area contributed by atoms with Crippen molar-refractivity contribution < 1.29 is 4.79 Å². The molecule has 1 aliphatic heterocycles. The minimum absolute atomic E-state index is 0.185. The third-order valence-electron chi connectivity index (χ3n) is 5.49. The van der Waals surface area contributed by atoms with Gasteiger partial charge in [-0.3, -0.25) is 9.79 Å². The van der Waals surface area contributed by atoms with E-state index in [1.807, 2.05) is 0 Å². The maximum absolute atomic E-state index is 11.2. The summed E-state index contributed by atoms with van der Waals surface area (Å²) in [6, 6.07) is 0. The number of nitrogens with two attached hydrogens (primary N) is 1. The lowest BCUT2D eigenvalue weighted by atomic mass is 9.81. The maximum atomic E-state index is 11.2. The van der Waals surface area contributed by atoms with Gasteiger partial charge >= 0.3 is 0 Å². The highest BCUT2D eigenvalue weighted by Gasteiger charge is 2.24. The lowest BCUT2D eigenvalue weighted by Gasteiger charge is -2.34. The van der Waals surface area contributed by atoms with Crippen LogP contribution in [0.1, 0.15) is 65.2 Å². The molecule has 2 fully saturated rings. The number of nitrogens with zero attached hydrogens (tertiary/aromatic N) is 2. The van der Waals surface area contributed by atoms with Gasteiger partial charge in [-0.15, -0.1) is 0 Å². The van der Waals surface area contributed by atoms with Gasteiger partial charge in [-0.2, -0.15) is 0 Å². The van der Waals surface area contributed by atoms with Crippen LogP contribution in [0.2, 0.25) is 0 Å². The summed E-state index contributed by atoms with van der Waals surface area (Å²) in [5.74, 6) is 2.95. The summed E-state index contributed by atoms with van der Waals surface area (Å²) >= 11 is 0. The molecule has 138 valence electrons. The van der Waals surface area contributed by atoms with Crippen LogP contribution < -0.4 is 11.1 Å². The van der Waals surface area contributed by atoms with E-state index in [2.05, 4.69) is 24.1 Å². The fraction of sp³-hybridized carbons (Fsp3) is 0.895. The minimum atomic E-state index is -0.185. The van der Waals surface area contributed by atoms with Crippen LogP contribution in [0, 0.1) is 17.8 Å². The summed E-state index contributed by atoms with van der Waals surface area (Å²) in [5.41, 5.74) is 5.37. The van der Waals surface area contributed by atoms with E-state index in [-0.39, 0.29) is 5.91 Å². The quantitative estimate of drug-likeness (QED) is 0.579. The first-order valence-electron chi connectivity index (χ1n) is 9.90. The van der Waals surface area contributed by atoms with Gasteiger partial charge in [0.25, 0.3) is 0 Å². The van der Waals surface area contributed by atoms with E-state index in [4.69, 9.17) is 10.7 Å². The number of carbonyl (C=O) groups is 1. The third-order valence-corrected chi connectivity index (χ3v) is 5.49. The first kappa shape index (κ1) is 19.1. The molecule has 2 aliphatic rings. The van der Waals surface area contributed by atoms with E-state index in [0.29, 0.717) is 12.3 Å². The van der Waals surface area contributed by atoms with Crippen LogP contribution in [0.5, 0.6) is 0 Å². The molecule has 1 aliphatic carbocycles. The van der Waals surface area contributed by atoms with Gasteiger partial charge in [0.05, 0.1) is 0 Å². The Morgan fingerprint density at radius 3 is 2.75 bits per heavy atom. The van der Waals surface area contributed by atoms with E-state index in [9.17, 15) is 4.79 Å². The Labute approximate surface area is 147 Å². The highest BCUT2D eigenvalue weighted by atomic mass is 16.1. The third kappa shape index (κ3) is 6.33. The van der Waals surface area contributed by atoms with Crippen molar-refractivity contribution in [1.82, 2.24) is 10.2 Å². The van der Waals surface area contributed by atoms with Crippen molar-refractivity contribution in [2.24, 2.45) is 28.5 Å². The molecule has 24 heavy (non-hydrogen) atoms.